The van der Waals surface area contributed by atoms with Crippen molar-refractivity contribution in [2.75, 3.05) is 32.7 Å². The van der Waals surface area contributed by atoms with Crippen LogP contribution in [0.2, 0.25) is 0 Å². The number of nitriles is 1. The first-order valence-electron chi connectivity index (χ1n) is 9.16. The first kappa shape index (κ1) is 18.7. The van der Waals surface area contributed by atoms with Crippen LogP contribution in [0.3, 0.4) is 0 Å². The number of carbonyl (C=O) groups is 2. The Kier molecular flexibility index (Phi) is 6.22. The quantitative estimate of drug-likeness (QED) is 0.763. The molecular formula is C18H30N4O2. The number of rotatable bonds is 7. The fourth-order valence-electron chi connectivity index (χ4n) is 3.55. The predicted octanol–water partition coefficient (Wildman–Crippen LogP) is 1.38. The molecule has 2 rings (SSSR count). The van der Waals surface area contributed by atoms with Gasteiger partial charge in [0.25, 0.3) is 0 Å². The molecule has 1 atom stereocenters. The van der Waals surface area contributed by atoms with E-state index in [1.54, 1.807) is 0 Å². The molecule has 1 unspecified atom stereocenters. The van der Waals surface area contributed by atoms with E-state index in [-0.39, 0.29) is 17.7 Å². The molecule has 2 aliphatic rings. The number of nitrogens with one attached hydrogen (secondary N) is 1. The molecule has 1 N–H and O–H groups in total. The molecule has 2 fully saturated rings. The van der Waals surface area contributed by atoms with Gasteiger partial charge in [0.15, 0.2) is 0 Å². The van der Waals surface area contributed by atoms with Crippen LogP contribution in [0.4, 0.5) is 0 Å². The van der Waals surface area contributed by atoms with Gasteiger partial charge in [0, 0.05) is 19.0 Å². The molecule has 2 amide bonds. The Labute approximate surface area is 145 Å². The van der Waals surface area contributed by atoms with Crippen molar-refractivity contribution < 1.29 is 9.59 Å². The second-order valence-corrected chi connectivity index (χ2v) is 7.20. The Balaban J connectivity index is 1.77. The van der Waals surface area contributed by atoms with Gasteiger partial charge in [-0.25, -0.2) is 0 Å². The van der Waals surface area contributed by atoms with Crippen LogP contribution in [0.25, 0.3) is 0 Å². The molecule has 0 aromatic heterocycles. The Bertz CT molecular complexity index is 500. The second kappa shape index (κ2) is 7.98. The van der Waals surface area contributed by atoms with Crippen molar-refractivity contribution in [1.29, 1.82) is 5.26 Å². The minimum absolute atomic E-state index is 0.0834. The number of nitrogens with zero attached hydrogens (tertiary/aromatic N) is 3. The topological polar surface area (TPSA) is 76.4 Å². The number of piperidine rings is 1. The predicted molar refractivity (Wildman–Crippen MR) is 92.0 cm³/mol. The van der Waals surface area contributed by atoms with Gasteiger partial charge in [-0.05, 0) is 65.5 Å². The first-order chi connectivity index (χ1) is 11.4. The molecule has 6 heteroatoms. The van der Waals surface area contributed by atoms with Gasteiger partial charge >= 0.3 is 0 Å². The zero-order valence-corrected chi connectivity index (χ0v) is 15.2. The number of hydrogen-bond donors (Lipinski definition) is 1. The average Bonchev–Trinajstić information content (AvgIpc) is 3.41. The van der Waals surface area contributed by atoms with Crippen LogP contribution >= 0.6 is 0 Å². The first-order valence-corrected chi connectivity index (χ1v) is 9.16. The summed E-state index contributed by atoms with van der Waals surface area (Å²) in [5.41, 5.74) is -0.728. The van der Waals surface area contributed by atoms with Crippen LogP contribution in [0.5, 0.6) is 0 Å². The summed E-state index contributed by atoms with van der Waals surface area (Å²) in [6.45, 7) is 9.18. The summed E-state index contributed by atoms with van der Waals surface area (Å²) in [6, 6.07) is 2.26. The molecule has 24 heavy (non-hydrogen) atoms. The molecule has 1 saturated heterocycles. The lowest BCUT2D eigenvalue weighted by Crippen LogP contribution is -2.51. The van der Waals surface area contributed by atoms with E-state index in [1.165, 1.54) is 0 Å². The minimum Gasteiger partial charge on any atom is -0.343 e. The van der Waals surface area contributed by atoms with Crippen LogP contribution in [0, 0.1) is 23.2 Å². The molecule has 0 aromatic rings. The summed E-state index contributed by atoms with van der Waals surface area (Å²) < 4.78 is 0. The molecular weight excluding hydrogens is 304 g/mol. The third-order valence-electron chi connectivity index (χ3n) is 5.40. The highest BCUT2D eigenvalue weighted by Gasteiger charge is 2.43. The molecule has 134 valence electrons. The molecule has 1 saturated carbocycles. The van der Waals surface area contributed by atoms with Crippen molar-refractivity contribution in [3.63, 3.8) is 0 Å². The van der Waals surface area contributed by atoms with Crippen LogP contribution in [-0.2, 0) is 9.59 Å². The van der Waals surface area contributed by atoms with E-state index >= 15 is 0 Å². The van der Waals surface area contributed by atoms with Gasteiger partial charge in [-0.2, -0.15) is 5.26 Å². The van der Waals surface area contributed by atoms with Crippen molar-refractivity contribution in [2.45, 2.75) is 52.0 Å². The fraction of sp³-hybridized carbons (Fsp3) is 0.833. The molecule has 1 aliphatic heterocycles. The maximum absolute atomic E-state index is 12.4. The summed E-state index contributed by atoms with van der Waals surface area (Å²) in [6.07, 6.45) is 3.65. The number of hydrogen-bond acceptors (Lipinski definition) is 4. The van der Waals surface area contributed by atoms with Gasteiger partial charge in [0.1, 0.15) is 5.54 Å². The zero-order chi connectivity index (χ0) is 17.7. The molecule has 0 aromatic carbocycles. The smallest absolute Gasteiger partial charge is 0.235 e. The summed E-state index contributed by atoms with van der Waals surface area (Å²) in [7, 11) is 0. The Morgan fingerprint density at radius 3 is 2.25 bits per heavy atom. The lowest BCUT2D eigenvalue weighted by molar-refractivity contribution is -0.136. The van der Waals surface area contributed by atoms with E-state index < -0.39 is 5.54 Å². The highest BCUT2D eigenvalue weighted by Crippen LogP contribution is 2.39. The standard InChI is InChI=1S/C18H30N4O2/c1-4-22(5-2)17(24)14-8-10-21(11-9-14)12-16(23)20-18(3,13-19)15-6-7-15/h14-15H,4-12H2,1-3H3,(H,20,23). The summed E-state index contributed by atoms with van der Waals surface area (Å²) in [4.78, 5) is 28.6. The average molecular weight is 334 g/mol. The van der Waals surface area contributed by atoms with Crippen LogP contribution in [0.1, 0.15) is 46.5 Å². The summed E-state index contributed by atoms with van der Waals surface area (Å²) in [5.74, 6) is 0.540. The maximum atomic E-state index is 12.4. The maximum Gasteiger partial charge on any atom is 0.235 e. The Morgan fingerprint density at radius 2 is 1.79 bits per heavy atom. The minimum atomic E-state index is -0.728. The largest absolute Gasteiger partial charge is 0.343 e. The Morgan fingerprint density at radius 1 is 1.21 bits per heavy atom. The number of likely N-dealkylation sites (tertiary alicyclic amines) is 1. The van der Waals surface area contributed by atoms with Crippen molar-refractivity contribution in [2.24, 2.45) is 11.8 Å². The van der Waals surface area contributed by atoms with E-state index in [9.17, 15) is 14.9 Å². The lowest BCUT2D eigenvalue weighted by atomic mass is 9.95. The van der Waals surface area contributed by atoms with Gasteiger partial charge in [0.05, 0.1) is 12.6 Å². The van der Waals surface area contributed by atoms with E-state index in [0.717, 1.165) is 51.9 Å². The van der Waals surface area contributed by atoms with Crippen LogP contribution < -0.4 is 5.32 Å². The van der Waals surface area contributed by atoms with E-state index in [2.05, 4.69) is 16.3 Å². The van der Waals surface area contributed by atoms with Crippen LogP contribution in [0.15, 0.2) is 0 Å². The van der Waals surface area contributed by atoms with Gasteiger partial charge in [0.2, 0.25) is 11.8 Å². The molecule has 1 heterocycles. The highest BCUT2D eigenvalue weighted by atomic mass is 16.2. The van der Waals surface area contributed by atoms with Crippen molar-refractivity contribution in [3.8, 4) is 6.07 Å². The van der Waals surface area contributed by atoms with Crippen molar-refractivity contribution in [1.82, 2.24) is 15.1 Å². The van der Waals surface area contributed by atoms with Crippen LogP contribution in [-0.4, -0.2) is 59.9 Å². The molecule has 6 nitrogen and oxygen atoms in total. The van der Waals surface area contributed by atoms with Gasteiger partial charge in [-0.15, -0.1) is 0 Å². The molecule has 0 bridgehead atoms. The van der Waals surface area contributed by atoms with Gasteiger partial charge < -0.3 is 10.2 Å². The third kappa shape index (κ3) is 4.47. The van der Waals surface area contributed by atoms with Crippen molar-refractivity contribution in [3.05, 3.63) is 0 Å². The van der Waals surface area contributed by atoms with Gasteiger partial charge in [-0.3, -0.25) is 14.5 Å². The highest BCUT2D eigenvalue weighted by molar-refractivity contribution is 5.80. The monoisotopic (exact) mass is 334 g/mol. The third-order valence-corrected chi connectivity index (χ3v) is 5.40. The molecule has 1 aliphatic carbocycles. The normalized spacial score (nSPS) is 21.6. The van der Waals surface area contributed by atoms with Crippen molar-refractivity contribution >= 4 is 11.8 Å². The fourth-order valence-corrected chi connectivity index (χ4v) is 3.55. The van der Waals surface area contributed by atoms with E-state index in [1.807, 2.05) is 25.7 Å². The molecule has 0 spiro atoms. The molecule has 0 radical (unpaired) electrons. The Hall–Kier alpha value is -1.61. The van der Waals surface area contributed by atoms with Gasteiger partial charge in [-0.1, -0.05) is 0 Å². The lowest BCUT2D eigenvalue weighted by Gasteiger charge is -2.34. The SMILES string of the molecule is CCN(CC)C(=O)C1CCN(CC(=O)NC(C)(C#N)C2CC2)CC1. The number of carbonyl (C=O) groups excluding carboxylic acids is 2. The van der Waals surface area contributed by atoms with E-state index in [4.69, 9.17) is 0 Å². The summed E-state index contributed by atoms with van der Waals surface area (Å²) in [5, 5.41) is 12.2. The summed E-state index contributed by atoms with van der Waals surface area (Å²) >= 11 is 0. The van der Waals surface area contributed by atoms with E-state index in [0.29, 0.717) is 12.5 Å². The zero-order valence-electron chi connectivity index (χ0n) is 15.2. The number of amides is 2. The second-order valence-electron chi connectivity index (χ2n) is 7.20.